The Balaban J connectivity index is 1.34. The van der Waals surface area contributed by atoms with E-state index in [2.05, 4.69) is 25.8 Å². The summed E-state index contributed by atoms with van der Waals surface area (Å²) in [5.74, 6) is 0.526. The second-order valence-electron chi connectivity index (χ2n) is 7.38. The summed E-state index contributed by atoms with van der Waals surface area (Å²) in [4.78, 5) is 32.8. The Labute approximate surface area is 194 Å². The molecule has 0 radical (unpaired) electrons. The highest BCUT2D eigenvalue weighted by Crippen LogP contribution is 2.20. The normalized spacial score (nSPS) is 10.6. The number of aryl methyl sites for hydroxylation is 2. The molecule has 0 spiro atoms. The van der Waals surface area contributed by atoms with Crippen molar-refractivity contribution in [1.82, 2.24) is 20.4 Å². The number of amides is 2. The Hall–Kier alpha value is -4.67. The van der Waals surface area contributed by atoms with Crippen LogP contribution in [0.3, 0.4) is 0 Å². The quantitative estimate of drug-likeness (QED) is 0.373. The molecule has 11 nitrogen and oxygen atoms in total. The summed E-state index contributed by atoms with van der Waals surface area (Å²) < 4.78 is 15.6. The third-order valence-corrected chi connectivity index (χ3v) is 4.82. The van der Waals surface area contributed by atoms with Gasteiger partial charge in [-0.05, 0) is 43.2 Å². The van der Waals surface area contributed by atoms with Gasteiger partial charge < -0.3 is 24.7 Å². The summed E-state index contributed by atoms with van der Waals surface area (Å²) in [5.41, 5.74) is 8.90. The van der Waals surface area contributed by atoms with Crippen LogP contribution >= 0.6 is 0 Å². The number of ether oxygens (including phenoxy) is 1. The van der Waals surface area contributed by atoms with Gasteiger partial charge in [0, 0.05) is 6.54 Å². The fraction of sp³-hybridized carbons (Fsp3) is 0.174. The molecule has 0 bridgehead atoms. The summed E-state index contributed by atoms with van der Waals surface area (Å²) in [6.45, 7) is 3.70. The Bertz CT molecular complexity index is 1300. The summed E-state index contributed by atoms with van der Waals surface area (Å²) in [6, 6.07) is 12.2. The average Bonchev–Trinajstić information content (AvgIpc) is 3.47. The molecular formula is C23H22N6O5. The SMILES string of the molecule is Cc1noc(C)c1NC(=O)OCc1cccc(CNC(=O)c2cc(-c3ccco3)nc(N)n2)c1. The van der Waals surface area contributed by atoms with Crippen LogP contribution in [-0.4, -0.2) is 27.1 Å². The number of nitrogens with one attached hydrogen (secondary N) is 2. The zero-order valence-corrected chi connectivity index (χ0v) is 18.5. The van der Waals surface area contributed by atoms with Crippen LogP contribution in [0, 0.1) is 13.8 Å². The van der Waals surface area contributed by atoms with Crippen LogP contribution in [0.2, 0.25) is 0 Å². The van der Waals surface area contributed by atoms with Gasteiger partial charge in [-0.3, -0.25) is 10.1 Å². The molecule has 2 amide bonds. The maximum atomic E-state index is 12.6. The van der Waals surface area contributed by atoms with E-state index in [1.54, 1.807) is 26.0 Å². The lowest BCUT2D eigenvalue weighted by molar-refractivity contribution is 0.0946. The number of furan rings is 1. The number of nitrogens with zero attached hydrogens (tertiary/aromatic N) is 3. The highest BCUT2D eigenvalue weighted by atomic mass is 16.5. The molecule has 4 rings (SSSR count). The number of hydrogen-bond donors (Lipinski definition) is 3. The van der Waals surface area contributed by atoms with Crippen molar-refractivity contribution in [2.24, 2.45) is 0 Å². The van der Waals surface area contributed by atoms with Crippen LogP contribution in [0.5, 0.6) is 0 Å². The van der Waals surface area contributed by atoms with Gasteiger partial charge >= 0.3 is 6.09 Å². The molecule has 1 aromatic carbocycles. The smallest absolute Gasteiger partial charge is 0.412 e. The number of hydrogen-bond acceptors (Lipinski definition) is 9. The molecule has 4 N–H and O–H groups in total. The number of benzene rings is 1. The van der Waals surface area contributed by atoms with E-state index in [1.165, 1.54) is 12.3 Å². The first-order chi connectivity index (χ1) is 16.4. The lowest BCUT2D eigenvalue weighted by Crippen LogP contribution is -2.24. The van der Waals surface area contributed by atoms with Crippen LogP contribution in [0.4, 0.5) is 16.4 Å². The lowest BCUT2D eigenvalue weighted by Gasteiger charge is -2.09. The number of anilines is 2. The van der Waals surface area contributed by atoms with Crippen LogP contribution in [0.15, 0.2) is 57.7 Å². The Kier molecular flexibility index (Phi) is 6.53. The van der Waals surface area contributed by atoms with E-state index in [4.69, 9.17) is 19.4 Å². The minimum absolute atomic E-state index is 0.0342. The highest BCUT2D eigenvalue weighted by molar-refractivity contribution is 5.93. The lowest BCUT2D eigenvalue weighted by atomic mass is 10.1. The zero-order valence-electron chi connectivity index (χ0n) is 18.5. The van der Waals surface area contributed by atoms with Gasteiger partial charge in [0.25, 0.3) is 5.91 Å². The molecule has 11 heteroatoms. The maximum Gasteiger partial charge on any atom is 0.412 e. The van der Waals surface area contributed by atoms with Crippen LogP contribution < -0.4 is 16.4 Å². The molecule has 3 heterocycles. The Morgan fingerprint density at radius 2 is 1.91 bits per heavy atom. The van der Waals surface area contributed by atoms with Crippen molar-refractivity contribution in [3.8, 4) is 11.5 Å². The fourth-order valence-corrected chi connectivity index (χ4v) is 3.18. The predicted molar refractivity (Wildman–Crippen MR) is 122 cm³/mol. The molecule has 0 aliphatic carbocycles. The van der Waals surface area contributed by atoms with Crippen LogP contribution in [-0.2, 0) is 17.9 Å². The van der Waals surface area contributed by atoms with Crippen molar-refractivity contribution in [3.63, 3.8) is 0 Å². The van der Waals surface area contributed by atoms with Crippen LogP contribution in [0.25, 0.3) is 11.5 Å². The van der Waals surface area contributed by atoms with Gasteiger partial charge in [0.15, 0.2) is 11.5 Å². The molecular weight excluding hydrogens is 440 g/mol. The van der Waals surface area contributed by atoms with Gasteiger partial charge in [-0.25, -0.2) is 14.8 Å². The molecule has 174 valence electrons. The molecule has 0 saturated heterocycles. The number of aromatic nitrogens is 3. The second-order valence-corrected chi connectivity index (χ2v) is 7.38. The summed E-state index contributed by atoms with van der Waals surface area (Å²) in [7, 11) is 0. The third kappa shape index (κ3) is 5.38. The Morgan fingerprint density at radius 3 is 2.65 bits per heavy atom. The van der Waals surface area contributed by atoms with Gasteiger partial charge in [0.1, 0.15) is 29.4 Å². The number of carbonyl (C=O) groups is 2. The first-order valence-corrected chi connectivity index (χ1v) is 10.3. The topological polar surface area (TPSA) is 158 Å². The molecule has 4 aromatic rings. The van der Waals surface area contributed by atoms with Crippen molar-refractivity contribution >= 4 is 23.6 Å². The monoisotopic (exact) mass is 462 g/mol. The average molecular weight is 462 g/mol. The van der Waals surface area contributed by atoms with Crippen molar-refractivity contribution < 1.29 is 23.3 Å². The number of rotatable bonds is 7. The molecule has 3 aromatic heterocycles. The van der Waals surface area contributed by atoms with Crippen molar-refractivity contribution in [2.45, 2.75) is 27.0 Å². The zero-order chi connectivity index (χ0) is 24.1. The fourth-order valence-electron chi connectivity index (χ4n) is 3.18. The van der Waals surface area contributed by atoms with Gasteiger partial charge in [0.05, 0.1) is 6.26 Å². The highest BCUT2D eigenvalue weighted by Gasteiger charge is 2.15. The molecule has 0 aliphatic rings. The molecule has 0 fully saturated rings. The molecule has 0 saturated carbocycles. The van der Waals surface area contributed by atoms with Crippen molar-refractivity contribution in [3.05, 3.63) is 77.0 Å². The van der Waals surface area contributed by atoms with E-state index in [9.17, 15) is 9.59 Å². The van der Waals surface area contributed by atoms with Gasteiger partial charge in [-0.2, -0.15) is 0 Å². The van der Waals surface area contributed by atoms with Crippen molar-refractivity contribution in [1.29, 1.82) is 0 Å². The number of nitrogen functional groups attached to an aromatic ring is 1. The predicted octanol–water partition coefficient (Wildman–Crippen LogP) is 3.60. The van der Waals surface area contributed by atoms with E-state index in [0.717, 1.165) is 11.1 Å². The van der Waals surface area contributed by atoms with Crippen LogP contribution in [0.1, 0.15) is 33.1 Å². The molecule has 0 atom stereocenters. The molecule has 0 aliphatic heterocycles. The number of nitrogens with two attached hydrogens (primary N) is 1. The van der Waals surface area contributed by atoms with E-state index in [1.807, 2.05) is 24.3 Å². The maximum absolute atomic E-state index is 12.6. The Morgan fingerprint density at radius 1 is 1.09 bits per heavy atom. The van der Waals surface area contributed by atoms with E-state index >= 15 is 0 Å². The first-order valence-electron chi connectivity index (χ1n) is 10.3. The summed E-state index contributed by atoms with van der Waals surface area (Å²) in [5, 5.41) is 9.19. The standard InChI is InChI=1S/C23H22N6O5/c1-13-20(14(2)34-29-13)28-23(31)33-12-16-6-3-5-15(9-16)11-25-21(30)18-10-17(26-22(24)27-18)19-7-4-8-32-19/h3-10H,11-12H2,1-2H3,(H,25,30)(H,28,31)(H2,24,26,27). The first kappa shape index (κ1) is 22.5. The molecule has 0 unspecified atom stereocenters. The van der Waals surface area contributed by atoms with E-state index in [0.29, 0.717) is 28.6 Å². The summed E-state index contributed by atoms with van der Waals surface area (Å²) in [6.07, 6.45) is 0.881. The van der Waals surface area contributed by atoms with Gasteiger partial charge in [-0.1, -0.05) is 29.4 Å². The summed E-state index contributed by atoms with van der Waals surface area (Å²) >= 11 is 0. The van der Waals surface area contributed by atoms with Gasteiger partial charge in [-0.15, -0.1) is 0 Å². The third-order valence-electron chi connectivity index (χ3n) is 4.82. The molecule has 34 heavy (non-hydrogen) atoms. The van der Waals surface area contributed by atoms with E-state index < -0.39 is 12.0 Å². The second kappa shape index (κ2) is 9.86. The number of carbonyl (C=O) groups excluding carboxylic acids is 2. The largest absolute Gasteiger partial charge is 0.463 e. The van der Waals surface area contributed by atoms with E-state index in [-0.39, 0.29) is 24.8 Å². The van der Waals surface area contributed by atoms with Gasteiger partial charge in [0.2, 0.25) is 5.95 Å². The van der Waals surface area contributed by atoms with Crippen molar-refractivity contribution in [2.75, 3.05) is 11.1 Å². The minimum Gasteiger partial charge on any atom is -0.463 e. The minimum atomic E-state index is -0.623.